The van der Waals surface area contributed by atoms with Crippen molar-refractivity contribution >= 4 is 36.3 Å². The molecule has 0 heterocycles. The zero-order chi connectivity index (χ0) is 29.6. The van der Waals surface area contributed by atoms with Gasteiger partial charge in [0.15, 0.2) is 0 Å². The van der Waals surface area contributed by atoms with E-state index in [0.717, 1.165) is 0 Å². The number of hydrogen-bond donors (Lipinski definition) is 6. The Morgan fingerprint density at radius 1 is 0.821 bits per heavy atom. The van der Waals surface area contributed by atoms with Crippen molar-refractivity contribution in [3.63, 3.8) is 0 Å². The molecule has 12 nitrogen and oxygen atoms in total. The summed E-state index contributed by atoms with van der Waals surface area (Å²) < 4.78 is 5.39. The van der Waals surface area contributed by atoms with Gasteiger partial charge in [0.05, 0.1) is 32.0 Å². The average molecular weight is 578 g/mol. The number of hydrogen-bond acceptors (Lipinski definition) is 9. The molecule has 0 fully saturated rings. The lowest BCUT2D eigenvalue weighted by molar-refractivity contribution is -0.141. The number of ether oxygens (including phenoxy) is 1. The van der Waals surface area contributed by atoms with E-state index in [4.69, 9.17) is 4.74 Å². The summed E-state index contributed by atoms with van der Waals surface area (Å²) in [6.45, 7) is 2.08. The number of esters is 1. The van der Waals surface area contributed by atoms with Gasteiger partial charge in [-0.15, -0.1) is 12.4 Å². The fourth-order valence-corrected chi connectivity index (χ4v) is 3.15. The van der Waals surface area contributed by atoms with Crippen molar-refractivity contribution in [2.45, 2.75) is 33.6 Å². The lowest BCUT2D eigenvalue weighted by Gasteiger charge is -2.27. The normalized spacial score (nSPS) is 14.3. The van der Waals surface area contributed by atoms with Crippen LogP contribution in [-0.2, 0) is 23.9 Å². The number of carboxylic acid groups (broad SMARTS) is 3. The third-order valence-electron chi connectivity index (χ3n) is 5.86. The molecule has 0 unspecified atom stereocenters. The van der Waals surface area contributed by atoms with Gasteiger partial charge in [0, 0.05) is 34.6 Å². The molecule has 0 bridgehead atoms. The van der Waals surface area contributed by atoms with Gasteiger partial charge in [0.1, 0.15) is 0 Å². The molecule has 0 aromatic heterocycles. The van der Waals surface area contributed by atoms with Gasteiger partial charge in [0.2, 0.25) is 0 Å². The molecule has 0 saturated carbocycles. The molecule has 13 heteroatoms. The first-order valence-corrected chi connectivity index (χ1v) is 11.8. The molecule has 0 radical (unpaired) electrons. The third-order valence-corrected chi connectivity index (χ3v) is 5.86. The molecule has 0 aliphatic carbocycles. The number of aliphatic carboxylic acids is 3. The van der Waals surface area contributed by atoms with Gasteiger partial charge in [0.25, 0.3) is 0 Å². The highest BCUT2D eigenvalue weighted by Gasteiger charge is 2.30. The second kappa shape index (κ2) is 18.3. The van der Waals surface area contributed by atoms with Gasteiger partial charge in [-0.1, -0.05) is 12.2 Å². The quantitative estimate of drug-likeness (QED) is 0.0821. The van der Waals surface area contributed by atoms with E-state index < -0.39 is 55.0 Å². The van der Waals surface area contributed by atoms with Crippen LogP contribution in [0.4, 0.5) is 0 Å². The van der Waals surface area contributed by atoms with Crippen molar-refractivity contribution in [1.29, 1.82) is 0 Å². The molecule has 0 aromatic rings. The largest absolute Gasteiger partial charge is 0.478 e. The number of halogens is 1. The highest BCUT2D eigenvalue weighted by atomic mass is 35.5. The van der Waals surface area contributed by atoms with Crippen molar-refractivity contribution in [1.82, 2.24) is 4.90 Å². The Balaban J connectivity index is 0. The standard InChI is InChI=1S/C26H39NO11.ClH/c1-16(22(31)32)10-19(6-8-27(4)5)21(25(37)38-9-7-26(13-28,14-29)15-30)20(11-17(2)23(33)34)12-18(3)24(35)36;/h10-12,20,28-30H,6-9,13-15H2,1-5H3,(H,31,32)(H,33,34)(H,35,36);1H. The molecular formula is C26H40ClNO11. The maximum Gasteiger partial charge on any atom is 0.335 e. The van der Waals surface area contributed by atoms with Crippen LogP contribution in [0.25, 0.3) is 0 Å². The van der Waals surface area contributed by atoms with Gasteiger partial charge in [-0.2, -0.15) is 0 Å². The number of carbonyl (C=O) groups is 4. The van der Waals surface area contributed by atoms with Gasteiger partial charge in [-0.25, -0.2) is 19.2 Å². The number of carboxylic acids is 3. The minimum Gasteiger partial charge on any atom is -0.478 e. The molecule has 39 heavy (non-hydrogen) atoms. The van der Waals surface area contributed by atoms with Gasteiger partial charge >= 0.3 is 23.9 Å². The maximum absolute atomic E-state index is 13.5. The predicted octanol–water partition coefficient (Wildman–Crippen LogP) is 1.26. The van der Waals surface area contributed by atoms with E-state index in [9.17, 15) is 49.8 Å². The van der Waals surface area contributed by atoms with E-state index >= 15 is 0 Å². The first-order valence-electron chi connectivity index (χ1n) is 11.8. The summed E-state index contributed by atoms with van der Waals surface area (Å²) in [7, 11) is 3.50. The molecule has 0 aliphatic rings. The number of aliphatic hydroxyl groups is 3. The summed E-state index contributed by atoms with van der Waals surface area (Å²) in [5.74, 6) is -6.08. The molecule has 0 spiro atoms. The van der Waals surface area contributed by atoms with E-state index in [2.05, 4.69) is 0 Å². The second-order valence-electron chi connectivity index (χ2n) is 9.32. The number of rotatable bonds is 17. The molecule has 0 saturated heterocycles. The van der Waals surface area contributed by atoms with Crippen LogP contribution in [-0.4, -0.2) is 106 Å². The molecule has 0 aromatic carbocycles. The number of aliphatic hydroxyl groups excluding tert-OH is 3. The highest BCUT2D eigenvalue weighted by molar-refractivity contribution is 5.94. The van der Waals surface area contributed by atoms with Crippen molar-refractivity contribution < 1.29 is 54.6 Å². The fourth-order valence-electron chi connectivity index (χ4n) is 3.15. The molecule has 0 aliphatic heterocycles. The van der Waals surface area contributed by atoms with Crippen LogP contribution in [0.15, 0.2) is 46.1 Å². The van der Waals surface area contributed by atoms with E-state index in [0.29, 0.717) is 6.54 Å². The monoisotopic (exact) mass is 577 g/mol. The summed E-state index contributed by atoms with van der Waals surface area (Å²) in [5, 5.41) is 56.9. The molecule has 6 N–H and O–H groups in total. The van der Waals surface area contributed by atoms with Crippen LogP contribution in [0.5, 0.6) is 0 Å². The van der Waals surface area contributed by atoms with E-state index in [1.165, 1.54) is 39.0 Å². The zero-order valence-electron chi connectivity index (χ0n) is 22.8. The highest BCUT2D eigenvalue weighted by Crippen LogP contribution is 2.28. The van der Waals surface area contributed by atoms with E-state index in [1.54, 1.807) is 19.0 Å². The minimum atomic E-state index is -1.32. The summed E-state index contributed by atoms with van der Waals surface area (Å²) in [6.07, 6.45) is 3.61. The Bertz CT molecular complexity index is 954. The predicted molar refractivity (Wildman–Crippen MR) is 144 cm³/mol. The number of carbonyl (C=O) groups excluding carboxylic acids is 1. The summed E-state index contributed by atoms with van der Waals surface area (Å²) in [6, 6.07) is 0. The fraction of sp³-hybridized carbons (Fsp3) is 0.538. The van der Waals surface area contributed by atoms with Gasteiger partial charge in [-0.3, -0.25) is 0 Å². The average Bonchev–Trinajstić information content (AvgIpc) is 2.84. The van der Waals surface area contributed by atoms with Crippen molar-refractivity contribution in [2.24, 2.45) is 11.3 Å². The Kier molecular flexibility index (Phi) is 17.9. The molecule has 0 atom stereocenters. The van der Waals surface area contributed by atoms with Crippen molar-refractivity contribution in [3.8, 4) is 0 Å². The van der Waals surface area contributed by atoms with E-state index in [-0.39, 0.29) is 59.7 Å². The second-order valence-corrected chi connectivity index (χ2v) is 9.32. The number of nitrogens with zero attached hydrogens (tertiary/aromatic N) is 1. The Morgan fingerprint density at radius 2 is 1.26 bits per heavy atom. The Hall–Kier alpha value is -3.03. The third kappa shape index (κ3) is 13.1. The molecule has 0 rings (SSSR count). The van der Waals surface area contributed by atoms with Crippen LogP contribution in [0.2, 0.25) is 0 Å². The van der Waals surface area contributed by atoms with E-state index in [1.807, 2.05) is 0 Å². The summed E-state index contributed by atoms with van der Waals surface area (Å²) >= 11 is 0. The smallest absolute Gasteiger partial charge is 0.335 e. The summed E-state index contributed by atoms with van der Waals surface area (Å²) in [5.41, 5.74) is -1.82. The number of allylic oxidation sites excluding steroid dienone is 3. The zero-order valence-corrected chi connectivity index (χ0v) is 23.7. The maximum atomic E-state index is 13.5. The van der Waals surface area contributed by atoms with Crippen LogP contribution in [0.3, 0.4) is 0 Å². The minimum absolute atomic E-state index is 0. The summed E-state index contributed by atoms with van der Waals surface area (Å²) in [4.78, 5) is 50.0. The van der Waals surface area contributed by atoms with Gasteiger partial charge < -0.3 is 40.3 Å². The first-order chi connectivity index (χ1) is 17.6. The van der Waals surface area contributed by atoms with Crippen LogP contribution in [0, 0.1) is 11.3 Å². The lowest BCUT2D eigenvalue weighted by Crippen LogP contribution is -2.35. The van der Waals surface area contributed by atoms with Crippen LogP contribution < -0.4 is 0 Å². The Morgan fingerprint density at radius 3 is 1.62 bits per heavy atom. The molecule has 0 amide bonds. The van der Waals surface area contributed by atoms with Crippen molar-refractivity contribution in [2.75, 3.05) is 47.1 Å². The topological polar surface area (TPSA) is 202 Å². The van der Waals surface area contributed by atoms with Gasteiger partial charge in [-0.05, 0) is 59.4 Å². The van der Waals surface area contributed by atoms with Crippen molar-refractivity contribution in [3.05, 3.63) is 46.1 Å². The van der Waals surface area contributed by atoms with Crippen LogP contribution in [0.1, 0.15) is 33.6 Å². The lowest BCUT2D eigenvalue weighted by atomic mass is 9.87. The SMILES string of the molecule is CC(=CC(CCN(C)C)=C(C(=O)OCCC(CO)(CO)CO)C(C=C(C)C(=O)O)C=C(C)C(=O)O)C(=O)O.Cl. The Labute approximate surface area is 234 Å². The van der Waals surface area contributed by atoms with Crippen LogP contribution >= 0.6 is 12.4 Å². The molecular weight excluding hydrogens is 538 g/mol. The first kappa shape index (κ1) is 38.1. The molecule has 222 valence electrons.